The molecule has 0 radical (unpaired) electrons. The van der Waals surface area contributed by atoms with E-state index in [0.29, 0.717) is 0 Å². The summed E-state index contributed by atoms with van der Waals surface area (Å²) in [4.78, 5) is 0. The van der Waals surface area contributed by atoms with Crippen LogP contribution in [0.5, 0.6) is 0 Å². The first-order valence-corrected chi connectivity index (χ1v) is 13.2. The molecule has 0 amide bonds. The normalized spacial score (nSPS) is 11.6. The van der Waals surface area contributed by atoms with Crippen LogP contribution in [0.1, 0.15) is 0 Å². The molecule has 1 nitrogen and oxygen atoms in total. The van der Waals surface area contributed by atoms with Crippen molar-refractivity contribution in [1.82, 2.24) is 3.12 Å². The first-order chi connectivity index (χ1) is 10.8. The minimum atomic E-state index is -3.13. The van der Waals surface area contributed by atoms with Gasteiger partial charge in [-0.1, -0.05) is 0 Å². The molecule has 110 valence electrons. The third kappa shape index (κ3) is 2.59. The molecule has 0 atom stereocenters. The fourth-order valence-corrected chi connectivity index (χ4v) is 16.4. The van der Waals surface area contributed by atoms with Crippen molar-refractivity contribution in [2.75, 3.05) is 14.1 Å². The molecular weight excluding hydrogens is 373 g/mol. The van der Waals surface area contributed by atoms with Gasteiger partial charge in [-0.3, -0.25) is 0 Å². The Bertz CT molecular complexity index is 612. The van der Waals surface area contributed by atoms with Gasteiger partial charge in [-0.2, -0.15) is 0 Å². The maximum absolute atomic E-state index is 3.13. The molecule has 2 heteroatoms. The van der Waals surface area contributed by atoms with E-state index in [1.54, 1.807) is 0 Å². The Morgan fingerprint density at radius 3 is 1.00 bits per heavy atom. The molecule has 0 N–H and O–H groups in total. The molecule has 3 aromatic rings. The van der Waals surface area contributed by atoms with E-state index in [0.717, 1.165) is 0 Å². The zero-order chi connectivity index (χ0) is 15.4. The van der Waals surface area contributed by atoms with E-state index < -0.39 is 18.7 Å². The first kappa shape index (κ1) is 15.3. The summed E-state index contributed by atoms with van der Waals surface area (Å²) < 4.78 is 6.96. The molecule has 0 bridgehead atoms. The number of hydrogen-bond donors (Lipinski definition) is 0. The number of nitrogens with zero attached hydrogens (tertiary/aromatic N) is 1. The van der Waals surface area contributed by atoms with Crippen molar-refractivity contribution in [3.8, 4) is 0 Å². The van der Waals surface area contributed by atoms with Crippen molar-refractivity contribution >= 4 is 29.4 Å². The van der Waals surface area contributed by atoms with Crippen molar-refractivity contribution in [1.29, 1.82) is 0 Å². The third-order valence-corrected chi connectivity index (χ3v) is 18.1. The third-order valence-electron chi connectivity index (χ3n) is 4.25. The number of rotatable bonds is 4. The van der Waals surface area contributed by atoms with Gasteiger partial charge >= 0.3 is 138 Å². The summed E-state index contributed by atoms with van der Waals surface area (Å²) in [6.45, 7) is 0. The van der Waals surface area contributed by atoms with Gasteiger partial charge in [0.05, 0.1) is 0 Å². The number of hydrogen-bond acceptors (Lipinski definition) is 1. The molecule has 3 rings (SSSR count). The molecule has 0 aliphatic rings. The van der Waals surface area contributed by atoms with Gasteiger partial charge in [0.2, 0.25) is 0 Å². The Morgan fingerprint density at radius 2 is 0.773 bits per heavy atom. The molecule has 0 saturated heterocycles. The second kappa shape index (κ2) is 6.67. The van der Waals surface area contributed by atoms with Gasteiger partial charge in [0.1, 0.15) is 0 Å². The van der Waals surface area contributed by atoms with Gasteiger partial charge in [-0.25, -0.2) is 0 Å². The quantitative estimate of drug-likeness (QED) is 0.614. The van der Waals surface area contributed by atoms with Crippen molar-refractivity contribution in [3.05, 3.63) is 91.0 Å². The molecule has 22 heavy (non-hydrogen) atoms. The minimum absolute atomic E-state index is 1.49. The number of benzene rings is 3. The van der Waals surface area contributed by atoms with Gasteiger partial charge < -0.3 is 0 Å². The second-order valence-electron chi connectivity index (χ2n) is 5.70. The van der Waals surface area contributed by atoms with Crippen LogP contribution >= 0.6 is 0 Å². The topological polar surface area (TPSA) is 3.24 Å². The van der Waals surface area contributed by atoms with Gasteiger partial charge in [0, 0.05) is 0 Å². The maximum atomic E-state index is 2.51. The predicted molar refractivity (Wildman–Crippen MR) is 97.7 cm³/mol. The van der Waals surface area contributed by atoms with Gasteiger partial charge in [-0.15, -0.1) is 0 Å². The van der Waals surface area contributed by atoms with Crippen molar-refractivity contribution in [2.45, 2.75) is 0 Å². The summed E-state index contributed by atoms with van der Waals surface area (Å²) in [7, 11) is 4.48. The molecular formula is C20H21NSn. The SMILES string of the molecule is C[N](C)[Sn]([c]1ccccc1)([c]1ccccc1)[c]1ccccc1. The molecule has 0 spiro atoms. The van der Waals surface area contributed by atoms with E-state index in [1.807, 2.05) is 0 Å². The fraction of sp³-hybridized carbons (Fsp3) is 0.100. The predicted octanol–water partition coefficient (Wildman–Crippen LogP) is 2.22. The van der Waals surface area contributed by atoms with E-state index in [1.165, 1.54) is 10.7 Å². The summed E-state index contributed by atoms with van der Waals surface area (Å²) in [5.74, 6) is 0. The van der Waals surface area contributed by atoms with Gasteiger partial charge in [-0.05, 0) is 0 Å². The first-order valence-electron chi connectivity index (χ1n) is 7.60. The van der Waals surface area contributed by atoms with Crippen LogP contribution in [0.15, 0.2) is 91.0 Å². The summed E-state index contributed by atoms with van der Waals surface area (Å²) in [5.41, 5.74) is 0. The Labute approximate surface area is 137 Å². The molecule has 0 saturated carbocycles. The Hall–Kier alpha value is -1.58. The standard InChI is InChI=1S/3C6H5.C2H6N.Sn/c3*1-2-4-6-5-3-1;1-3-2;/h3*1-5H;1-2H3;/q;;;-1;+1. The molecule has 3 aromatic carbocycles. The van der Waals surface area contributed by atoms with Crippen LogP contribution in [0.2, 0.25) is 0 Å². The van der Waals surface area contributed by atoms with E-state index in [9.17, 15) is 0 Å². The Balaban J connectivity index is 2.34. The molecule has 0 heterocycles. The van der Waals surface area contributed by atoms with E-state index >= 15 is 0 Å². The van der Waals surface area contributed by atoms with Gasteiger partial charge in [0.25, 0.3) is 0 Å². The Morgan fingerprint density at radius 1 is 0.500 bits per heavy atom. The molecule has 0 aliphatic carbocycles. The average molecular weight is 394 g/mol. The molecule has 0 aliphatic heterocycles. The Kier molecular flexibility index (Phi) is 4.65. The van der Waals surface area contributed by atoms with Crippen molar-refractivity contribution in [3.63, 3.8) is 0 Å². The fourth-order valence-electron chi connectivity index (χ4n) is 3.31. The van der Waals surface area contributed by atoms with Crippen LogP contribution < -0.4 is 10.7 Å². The van der Waals surface area contributed by atoms with E-state index in [4.69, 9.17) is 0 Å². The van der Waals surface area contributed by atoms with Crippen LogP contribution in [0.25, 0.3) is 0 Å². The van der Waals surface area contributed by atoms with Gasteiger partial charge in [0.15, 0.2) is 0 Å². The second-order valence-corrected chi connectivity index (χ2v) is 17.3. The van der Waals surface area contributed by atoms with E-state index in [-0.39, 0.29) is 0 Å². The monoisotopic (exact) mass is 395 g/mol. The van der Waals surface area contributed by atoms with Crippen molar-refractivity contribution < 1.29 is 0 Å². The summed E-state index contributed by atoms with van der Waals surface area (Å²) in [6.07, 6.45) is 0. The van der Waals surface area contributed by atoms with Crippen LogP contribution in [0.4, 0.5) is 0 Å². The molecule has 0 unspecified atom stereocenters. The zero-order valence-electron chi connectivity index (χ0n) is 13.1. The molecule has 0 aromatic heterocycles. The van der Waals surface area contributed by atoms with Crippen LogP contribution in [-0.2, 0) is 0 Å². The molecule has 0 fully saturated rings. The zero-order valence-corrected chi connectivity index (χ0v) is 16.0. The van der Waals surface area contributed by atoms with Crippen molar-refractivity contribution in [2.24, 2.45) is 0 Å². The van der Waals surface area contributed by atoms with Crippen LogP contribution in [0.3, 0.4) is 0 Å². The summed E-state index contributed by atoms with van der Waals surface area (Å²) in [5, 5.41) is 0. The van der Waals surface area contributed by atoms with Crippen LogP contribution in [-0.4, -0.2) is 35.9 Å². The summed E-state index contributed by atoms with van der Waals surface area (Å²) >= 11 is -3.13. The van der Waals surface area contributed by atoms with Crippen LogP contribution in [0, 0.1) is 0 Å². The average Bonchev–Trinajstić information content (AvgIpc) is 2.58. The summed E-state index contributed by atoms with van der Waals surface area (Å²) in [6, 6.07) is 33.1. The van der Waals surface area contributed by atoms with E-state index in [2.05, 4.69) is 108 Å².